The number of benzene rings is 2. The Labute approximate surface area is 115 Å². The van der Waals surface area contributed by atoms with Crippen LogP contribution in [0.3, 0.4) is 0 Å². The zero-order chi connectivity index (χ0) is 14.2. The van der Waals surface area contributed by atoms with E-state index in [0.717, 1.165) is 11.4 Å². The number of anilines is 3. The summed E-state index contributed by atoms with van der Waals surface area (Å²) < 4.78 is 0. The van der Waals surface area contributed by atoms with Crippen LogP contribution in [0.15, 0.2) is 30.3 Å². The summed E-state index contributed by atoms with van der Waals surface area (Å²) >= 11 is 0. The molecule has 0 spiro atoms. The fraction of sp³-hybridized carbons (Fsp3) is 0.294. The molecule has 0 bridgehead atoms. The largest absolute Gasteiger partial charge is 0.397 e. The molecule has 0 aliphatic rings. The zero-order valence-electron chi connectivity index (χ0n) is 12.4. The zero-order valence-corrected chi connectivity index (χ0v) is 12.4. The molecule has 0 unspecified atom stereocenters. The minimum absolute atomic E-state index is 0.821. The van der Waals surface area contributed by atoms with E-state index >= 15 is 0 Å². The monoisotopic (exact) mass is 254 g/mol. The van der Waals surface area contributed by atoms with E-state index in [1.807, 2.05) is 12.1 Å². The van der Waals surface area contributed by atoms with E-state index in [9.17, 15) is 0 Å². The average Bonchev–Trinajstić information content (AvgIpc) is 2.26. The molecule has 0 radical (unpaired) electrons. The second-order valence-electron chi connectivity index (χ2n) is 5.32. The van der Waals surface area contributed by atoms with Gasteiger partial charge in [0.2, 0.25) is 0 Å². The van der Waals surface area contributed by atoms with Gasteiger partial charge >= 0.3 is 0 Å². The third kappa shape index (κ3) is 2.43. The molecule has 0 fully saturated rings. The normalized spacial score (nSPS) is 10.6. The van der Waals surface area contributed by atoms with Gasteiger partial charge in [-0.1, -0.05) is 29.8 Å². The number of nitrogens with zero attached hydrogens (tertiary/aromatic N) is 1. The Balaban J connectivity index is 2.60. The minimum atomic E-state index is 0.821. The summed E-state index contributed by atoms with van der Waals surface area (Å²) in [4.78, 5) is 2.20. The van der Waals surface area contributed by atoms with Crippen LogP contribution in [0.1, 0.15) is 22.3 Å². The van der Waals surface area contributed by atoms with Crippen LogP contribution in [-0.2, 0) is 0 Å². The summed E-state index contributed by atoms with van der Waals surface area (Å²) in [6.07, 6.45) is 0. The van der Waals surface area contributed by atoms with Gasteiger partial charge in [0.15, 0.2) is 0 Å². The van der Waals surface area contributed by atoms with E-state index in [0.29, 0.717) is 0 Å². The molecule has 2 aromatic carbocycles. The van der Waals surface area contributed by atoms with Gasteiger partial charge in [-0.05, 0) is 50.5 Å². The van der Waals surface area contributed by atoms with Crippen LogP contribution in [0.25, 0.3) is 0 Å². The molecule has 0 saturated carbocycles. The van der Waals surface area contributed by atoms with E-state index in [2.05, 4.69) is 57.8 Å². The molecular weight excluding hydrogens is 232 g/mol. The predicted octanol–water partition coefficient (Wildman–Crippen LogP) is 4.27. The molecule has 2 rings (SSSR count). The van der Waals surface area contributed by atoms with E-state index in [4.69, 9.17) is 5.73 Å². The van der Waals surface area contributed by atoms with Crippen molar-refractivity contribution in [3.8, 4) is 0 Å². The summed E-state index contributed by atoms with van der Waals surface area (Å²) in [5.74, 6) is 0. The van der Waals surface area contributed by atoms with Crippen molar-refractivity contribution in [2.24, 2.45) is 0 Å². The van der Waals surface area contributed by atoms with Crippen molar-refractivity contribution < 1.29 is 0 Å². The van der Waals surface area contributed by atoms with Crippen molar-refractivity contribution in [3.05, 3.63) is 52.6 Å². The standard InChI is InChI=1S/C17H22N2/c1-11-9-13(3)16(14(4)10-11)19(5)17-12(2)7-6-8-15(17)18/h6-10H,18H2,1-5H3. The van der Waals surface area contributed by atoms with Crippen LogP contribution in [0.2, 0.25) is 0 Å². The first-order chi connectivity index (χ1) is 8.91. The van der Waals surface area contributed by atoms with Crippen molar-refractivity contribution in [3.63, 3.8) is 0 Å². The minimum Gasteiger partial charge on any atom is -0.397 e. The number of para-hydroxylation sites is 1. The summed E-state index contributed by atoms with van der Waals surface area (Å²) in [5, 5.41) is 0. The maximum atomic E-state index is 6.15. The van der Waals surface area contributed by atoms with E-state index in [-0.39, 0.29) is 0 Å². The molecule has 19 heavy (non-hydrogen) atoms. The topological polar surface area (TPSA) is 29.3 Å². The van der Waals surface area contributed by atoms with Gasteiger partial charge in [-0.15, -0.1) is 0 Å². The Morgan fingerprint density at radius 3 is 1.95 bits per heavy atom. The lowest BCUT2D eigenvalue weighted by Gasteiger charge is -2.27. The number of hydrogen-bond donors (Lipinski definition) is 1. The van der Waals surface area contributed by atoms with Gasteiger partial charge in [-0.3, -0.25) is 0 Å². The van der Waals surface area contributed by atoms with Crippen LogP contribution in [0.4, 0.5) is 17.1 Å². The first-order valence-electron chi connectivity index (χ1n) is 6.58. The van der Waals surface area contributed by atoms with E-state index in [1.165, 1.54) is 27.9 Å². The van der Waals surface area contributed by atoms with Crippen molar-refractivity contribution in [1.82, 2.24) is 0 Å². The fourth-order valence-corrected chi connectivity index (χ4v) is 2.95. The van der Waals surface area contributed by atoms with Gasteiger partial charge in [-0.25, -0.2) is 0 Å². The Morgan fingerprint density at radius 2 is 1.42 bits per heavy atom. The van der Waals surface area contributed by atoms with Crippen molar-refractivity contribution in [2.75, 3.05) is 17.7 Å². The fourth-order valence-electron chi connectivity index (χ4n) is 2.95. The highest BCUT2D eigenvalue weighted by atomic mass is 15.1. The molecule has 2 N–H and O–H groups in total. The molecule has 2 aromatic rings. The molecule has 0 heterocycles. The molecule has 2 nitrogen and oxygen atoms in total. The number of nitrogen functional groups attached to an aromatic ring is 1. The first kappa shape index (κ1) is 13.5. The quantitative estimate of drug-likeness (QED) is 0.811. The Morgan fingerprint density at radius 1 is 0.842 bits per heavy atom. The predicted molar refractivity (Wildman–Crippen MR) is 84.3 cm³/mol. The maximum Gasteiger partial charge on any atom is 0.0671 e. The molecule has 0 saturated heterocycles. The second kappa shape index (κ2) is 4.96. The molecule has 0 aliphatic carbocycles. The SMILES string of the molecule is Cc1cc(C)c(N(C)c2c(C)cccc2N)c(C)c1. The summed E-state index contributed by atoms with van der Waals surface area (Å²) in [5.41, 5.74) is 14.4. The third-order valence-electron chi connectivity index (χ3n) is 3.58. The van der Waals surface area contributed by atoms with Crippen LogP contribution in [-0.4, -0.2) is 7.05 Å². The molecule has 0 aliphatic heterocycles. The van der Waals surface area contributed by atoms with Gasteiger partial charge in [0.05, 0.1) is 11.4 Å². The Kier molecular flexibility index (Phi) is 3.52. The van der Waals surface area contributed by atoms with E-state index in [1.54, 1.807) is 0 Å². The highest BCUT2D eigenvalue weighted by Gasteiger charge is 2.14. The lowest BCUT2D eigenvalue weighted by atomic mass is 10.0. The lowest BCUT2D eigenvalue weighted by Crippen LogP contribution is -2.15. The first-order valence-corrected chi connectivity index (χ1v) is 6.58. The highest BCUT2D eigenvalue weighted by molar-refractivity contribution is 5.80. The van der Waals surface area contributed by atoms with Gasteiger partial charge in [0.1, 0.15) is 0 Å². The van der Waals surface area contributed by atoms with Gasteiger partial charge < -0.3 is 10.6 Å². The molecule has 0 amide bonds. The number of hydrogen-bond acceptors (Lipinski definition) is 2. The Hall–Kier alpha value is -1.96. The summed E-state index contributed by atoms with van der Waals surface area (Å²) in [6, 6.07) is 10.5. The number of aryl methyl sites for hydroxylation is 4. The van der Waals surface area contributed by atoms with Crippen LogP contribution >= 0.6 is 0 Å². The van der Waals surface area contributed by atoms with Crippen LogP contribution in [0.5, 0.6) is 0 Å². The second-order valence-corrected chi connectivity index (χ2v) is 5.32. The van der Waals surface area contributed by atoms with Crippen molar-refractivity contribution in [2.45, 2.75) is 27.7 Å². The van der Waals surface area contributed by atoms with Crippen LogP contribution in [0, 0.1) is 27.7 Å². The average molecular weight is 254 g/mol. The molecular formula is C17H22N2. The van der Waals surface area contributed by atoms with Gasteiger partial charge in [-0.2, -0.15) is 0 Å². The number of nitrogens with two attached hydrogens (primary N) is 1. The third-order valence-corrected chi connectivity index (χ3v) is 3.58. The molecule has 100 valence electrons. The summed E-state index contributed by atoms with van der Waals surface area (Å²) in [6.45, 7) is 8.54. The van der Waals surface area contributed by atoms with Gasteiger partial charge in [0, 0.05) is 12.7 Å². The van der Waals surface area contributed by atoms with Crippen molar-refractivity contribution >= 4 is 17.1 Å². The lowest BCUT2D eigenvalue weighted by molar-refractivity contribution is 1.14. The molecule has 0 aromatic heterocycles. The highest BCUT2D eigenvalue weighted by Crippen LogP contribution is 2.36. The summed E-state index contributed by atoms with van der Waals surface area (Å²) in [7, 11) is 2.09. The smallest absolute Gasteiger partial charge is 0.0671 e. The maximum absolute atomic E-state index is 6.15. The number of rotatable bonds is 2. The van der Waals surface area contributed by atoms with E-state index < -0.39 is 0 Å². The van der Waals surface area contributed by atoms with Crippen LogP contribution < -0.4 is 10.6 Å². The Bertz CT molecular complexity index is 571. The molecule has 2 heteroatoms. The molecule has 0 atom stereocenters. The van der Waals surface area contributed by atoms with Crippen molar-refractivity contribution in [1.29, 1.82) is 0 Å². The van der Waals surface area contributed by atoms with Gasteiger partial charge in [0.25, 0.3) is 0 Å².